The SMILES string of the molecule is Clc1ccc(OCCN(Cc2ccco2)C2CC2)cc1. The molecule has 1 aliphatic carbocycles. The van der Waals surface area contributed by atoms with Gasteiger partial charge in [-0.25, -0.2) is 0 Å². The van der Waals surface area contributed by atoms with Gasteiger partial charge >= 0.3 is 0 Å². The van der Waals surface area contributed by atoms with Gasteiger partial charge in [0, 0.05) is 17.6 Å². The summed E-state index contributed by atoms with van der Waals surface area (Å²) in [4.78, 5) is 2.43. The fourth-order valence-electron chi connectivity index (χ4n) is 2.24. The molecule has 0 bridgehead atoms. The van der Waals surface area contributed by atoms with Crippen molar-refractivity contribution in [1.82, 2.24) is 4.90 Å². The van der Waals surface area contributed by atoms with Crippen molar-refractivity contribution in [3.63, 3.8) is 0 Å². The Morgan fingerprint density at radius 2 is 2.00 bits per heavy atom. The third-order valence-corrected chi connectivity index (χ3v) is 3.72. The molecule has 0 N–H and O–H groups in total. The van der Waals surface area contributed by atoms with Crippen LogP contribution in [0.2, 0.25) is 5.02 Å². The number of ether oxygens (including phenoxy) is 1. The van der Waals surface area contributed by atoms with E-state index in [9.17, 15) is 0 Å². The van der Waals surface area contributed by atoms with Crippen molar-refractivity contribution < 1.29 is 9.15 Å². The van der Waals surface area contributed by atoms with Gasteiger partial charge < -0.3 is 9.15 Å². The monoisotopic (exact) mass is 291 g/mol. The van der Waals surface area contributed by atoms with Crippen LogP contribution in [0.3, 0.4) is 0 Å². The minimum atomic E-state index is 0.679. The summed E-state index contributed by atoms with van der Waals surface area (Å²) in [5, 5.41) is 0.731. The summed E-state index contributed by atoms with van der Waals surface area (Å²) in [5.41, 5.74) is 0. The predicted octanol–water partition coefficient (Wildman–Crippen LogP) is 3.98. The lowest BCUT2D eigenvalue weighted by Crippen LogP contribution is -2.30. The number of hydrogen-bond donors (Lipinski definition) is 0. The summed E-state index contributed by atoms with van der Waals surface area (Å²) in [6.45, 7) is 2.45. The molecule has 0 radical (unpaired) electrons. The number of furan rings is 1. The molecule has 3 nitrogen and oxygen atoms in total. The van der Waals surface area contributed by atoms with Crippen LogP contribution in [-0.4, -0.2) is 24.1 Å². The highest BCUT2D eigenvalue weighted by Crippen LogP contribution is 2.28. The highest BCUT2D eigenvalue weighted by molar-refractivity contribution is 6.30. The van der Waals surface area contributed by atoms with Crippen molar-refractivity contribution >= 4 is 11.6 Å². The molecule has 0 aliphatic heterocycles. The van der Waals surface area contributed by atoms with E-state index in [0.717, 1.165) is 29.6 Å². The molecule has 20 heavy (non-hydrogen) atoms. The smallest absolute Gasteiger partial charge is 0.119 e. The Hall–Kier alpha value is -1.45. The number of rotatable bonds is 7. The van der Waals surface area contributed by atoms with Crippen molar-refractivity contribution in [3.05, 3.63) is 53.4 Å². The summed E-state index contributed by atoms with van der Waals surface area (Å²) in [5.74, 6) is 1.88. The average molecular weight is 292 g/mol. The maximum atomic E-state index is 5.85. The molecule has 1 aromatic carbocycles. The third kappa shape index (κ3) is 3.78. The van der Waals surface area contributed by atoms with Crippen molar-refractivity contribution in [2.24, 2.45) is 0 Å². The van der Waals surface area contributed by atoms with Crippen LogP contribution < -0.4 is 4.74 Å². The number of benzene rings is 1. The number of nitrogens with zero attached hydrogens (tertiary/aromatic N) is 1. The zero-order valence-electron chi connectivity index (χ0n) is 11.3. The fourth-order valence-corrected chi connectivity index (χ4v) is 2.37. The molecule has 0 spiro atoms. The average Bonchev–Trinajstić information content (AvgIpc) is 3.18. The van der Waals surface area contributed by atoms with Crippen molar-refractivity contribution in [2.75, 3.05) is 13.2 Å². The highest BCUT2D eigenvalue weighted by Gasteiger charge is 2.29. The van der Waals surface area contributed by atoms with E-state index in [-0.39, 0.29) is 0 Å². The summed E-state index contributed by atoms with van der Waals surface area (Å²) >= 11 is 5.85. The Morgan fingerprint density at radius 1 is 1.20 bits per heavy atom. The Bertz CT molecular complexity index is 520. The van der Waals surface area contributed by atoms with Crippen LogP contribution in [0.1, 0.15) is 18.6 Å². The predicted molar refractivity (Wildman–Crippen MR) is 79.1 cm³/mol. The Kier molecular flexibility index (Phi) is 4.28. The topological polar surface area (TPSA) is 25.6 Å². The molecule has 0 unspecified atom stereocenters. The molecule has 1 aromatic heterocycles. The maximum absolute atomic E-state index is 5.85. The minimum Gasteiger partial charge on any atom is -0.492 e. The molecule has 106 valence electrons. The van der Waals surface area contributed by atoms with Gasteiger partial charge in [0.15, 0.2) is 0 Å². The van der Waals surface area contributed by atoms with Crippen LogP contribution in [0.25, 0.3) is 0 Å². The largest absolute Gasteiger partial charge is 0.492 e. The number of hydrogen-bond acceptors (Lipinski definition) is 3. The standard InChI is InChI=1S/C16H18ClNO2/c17-13-3-7-15(8-4-13)20-11-9-18(14-5-6-14)12-16-2-1-10-19-16/h1-4,7-8,10,14H,5-6,9,11-12H2. The van der Waals surface area contributed by atoms with Gasteiger partial charge in [-0.15, -0.1) is 0 Å². The summed E-state index contributed by atoms with van der Waals surface area (Å²) in [6.07, 6.45) is 4.29. The lowest BCUT2D eigenvalue weighted by molar-refractivity contribution is 0.184. The van der Waals surface area contributed by atoms with Gasteiger partial charge in [-0.05, 0) is 49.2 Å². The quantitative estimate of drug-likeness (QED) is 0.772. The first kappa shape index (κ1) is 13.5. The van der Waals surface area contributed by atoms with Crippen molar-refractivity contribution in [3.8, 4) is 5.75 Å². The minimum absolute atomic E-state index is 0.679. The van der Waals surface area contributed by atoms with Gasteiger partial charge in [-0.3, -0.25) is 4.90 Å². The zero-order valence-corrected chi connectivity index (χ0v) is 12.1. The van der Waals surface area contributed by atoms with Crippen LogP contribution in [0.5, 0.6) is 5.75 Å². The fraction of sp³-hybridized carbons (Fsp3) is 0.375. The molecule has 1 heterocycles. The van der Waals surface area contributed by atoms with E-state index in [4.69, 9.17) is 20.8 Å². The second kappa shape index (κ2) is 6.33. The molecule has 1 fully saturated rings. The van der Waals surface area contributed by atoms with E-state index < -0.39 is 0 Å². The van der Waals surface area contributed by atoms with E-state index in [0.29, 0.717) is 12.6 Å². The lowest BCUT2D eigenvalue weighted by atomic mass is 10.3. The lowest BCUT2D eigenvalue weighted by Gasteiger charge is -2.20. The van der Waals surface area contributed by atoms with E-state index in [1.165, 1.54) is 12.8 Å². The van der Waals surface area contributed by atoms with Crippen molar-refractivity contribution in [2.45, 2.75) is 25.4 Å². The van der Waals surface area contributed by atoms with Gasteiger partial charge in [0.2, 0.25) is 0 Å². The van der Waals surface area contributed by atoms with Gasteiger partial charge in [-0.1, -0.05) is 11.6 Å². The van der Waals surface area contributed by atoms with E-state index in [2.05, 4.69) is 4.90 Å². The Balaban J connectivity index is 1.48. The molecule has 4 heteroatoms. The maximum Gasteiger partial charge on any atom is 0.119 e. The molecular weight excluding hydrogens is 274 g/mol. The molecule has 0 atom stereocenters. The molecule has 2 aromatic rings. The first-order chi connectivity index (χ1) is 9.81. The summed E-state index contributed by atoms with van der Waals surface area (Å²) in [6, 6.07) is 12.1. The number of halogens is 1. The molecule has 0 amide bonds. The van der Waals surface area contributed by atoms with Crippen molar-refractivity contribution in [1.29, 1.82) is 0 Å². The molecule has 0 saturated heterocycles. The molecule has 3 rings (SSSR count). The van der Waals surface area contributed by atoms with E-state index in [1.807, 2.05) is 36.4 Å². The third-order valence-electron chi connectivity index (χ3n) is 3.46. The Morgan fingerprint density at radius 3 is 2.65 bits per heavy atom. The van der Waals surface area contributed by atoms with Crippen LogP contribution in [0.4, 0.5) is 0 Å². The van der Waals surface area contributed by atoms with E-state index >= 15 is 0 Å². The van der Waals surface area contributed by atoms with Gasteiger partial charge in [0.05, 0.1) is 12.8 Å². The molecular formula is C16H18ClNO2. The van der Waals surface area contributed by atoms with Crippen LogP contribution in [0.15, 0.2) is 47.1 Å². The van der Waals surface area contributed by atoms with Crippen LogP contribution in [-0.2, 0) is 6.54 Å². The zero-order chi connectivity index (χ0) is 13.8. The first-order valence-corrected chi connectivity index (χ1v) is 7.34. The second-order valence-electron chi connectivity index (χ2n) is 5.08. The summed E-state index contributed by atoms with van der Waals surface area (Å²) < 4.78 is 11.2. The van der Waals surface area contributed by atoms with Gasteiger partial charge in [0.25, 0.3) is 0 Å². The van der Waals surface area contributed by atoms with Gasteiger partial charge in [-0.2, -0.15) is 0 Å². The molecule has 1 saturated carbocycles. The summed E-state index contributed by atoms with van der Waals surface area (Å²) in [7, 11) is 0. The van der Waals surface area contributed by atoms with E-state index in [1.54, 1.807) is 6.26 Å². The highest BCUT2D eigenvalue weighted by atomic mass is 35.5. The van der Waals surface area contributed by atoms with Crippen LogP contribution >= 0.6 is 11.6 Å². The first-order valence-electron chi connectivity index (χ1n) is 6.96. The van der Waals surface area contributed by atoms with Gasteiger partial charge in [0.1, 0.15) is 18.1 Å². The normalized spacial score (nSPS) is 14.7. The molecule has 1 aliphatic rings. The van der Waals surface area contributed by atoms with Crippen LogP contribution in [0, 0.1) is 0 Å². The second-order valence-corrected chi connectivity index (χ2v) is 5.52. The Labute approximate surface area is 124 Å².